The fraction of sp³-hybridized carbons (Fsp3) is 0.412. The molecule has 0 radical (unpaired) electrons. The highest BCUT2D eigenvalue weighted by Crippen LogP contribution is 2.48. The van der Waals surface area contributed by atoms with Crippen molar-refractivity contribution >= 4 is 17.0 Å². The molecule has 1 aromatic carbocycles. The SMILES string of the molecule is O=[N+]([O-])c1ccc([C@@H]2O[C@H]3CCCC[C@H]3c3sccc32)cc1. The van der Waals surface area contributed by atoms with Crippen molar-refractivity contribution in [2.45, 2.75) is 43.8 Å². The molecule has 0 bridgehead atoms. The fourth-order valence-corrected chi connectivity index (χ4v) is 4.80. The predicted molar refractivity (Wildman–Crippen MR) is 85.3 cm³/mol. The number of non-ortho nitro benzene ring substituents is 1. The Balaban J connectivity index is 1.71. The van der Waals surface area contributed by atoms with Crippen LogP contribution in [-0.4, -0.2) is 11.0 Å². The van der Waals surface area contributed by atoms with Gasteiger partial charge >= 0.3 is 0 Å². The molecule has 1 aliphatic carbocycles. The van der Waals surface area contributed by atoms with Crippen molar-refractivity contribution in [1.82, 2.24) is 0 Å². The van der Waals surface area contributed by atoms with E-state index in [1.54, 1.807) is 12.1 Å². The van der Waals surface area contributed by atoms with Gasteiger partial charge in [0.2, 0.25) is 0 Å². The molecule has 4 nitrogen and oxygen atoms in total. The van der Waals surface area contributed by atoms with Gasteiger partial charge in [0.25, 0.3) is 5.69 Å². The average Bonchev–Trinajstić information content (AvgIpc) is 3.04. The van der Waals surface area contributed by atoms with E-state index in [1.165, 1.54) is 29.7 Å². The summed E-state index contributed by atoms with van der Waals surface area (Å²) in [7, 11) is 0. The van der Waals surface area contributed by atoms with Gasteiger partial charge in [0.15, 0.2) is 0 Å². The first kappa shape index (κ1) is 13.9. The summed E-state index contributed by atoms with van der Waals surface area (Å²) < 4.78 is 6.40. The van der Waals surface area contributed by atoms with E-state index >= 15 is 0 Å². The van der Waals surface area contributed by atoms with Gasteiger partial charge in [-0.1, -0.05) is 12.8 Å². The van der Waals surface area contributed by atoms with Gasteiger partial charge in [-0.05, 0) is 47.5 Å². The maximum Gasteiger partial charge on any atom is 0.269 e. The highest BCUT2D eigenvalue weighted by Gasteiger charge is 2.38. The Morgan fingerprint density at radius 1 is 1.14 bits per heavy atom. The van der Waals surface area contributed by atoms with Gasteiger partial charge in [0, 0.05) is 22.9 Å². The van der Waals surface area contributed by atoms with Crippen molar-refractivity contribution in [2.24, 2.45) is 0 Å². The summed E-state index contributed by atoms with van der Waals surface area (Å²) >= 11 is 1.83. The molecule has 1 aromatic heterocycles. The summed E-state index contributed by atoms with van der Waals surface area (Å²) in [5, 5.41) is 13.0. The molecule has 1 aliphatic heterocycles. The summed E-state index contributed by atoms with van der Waals surface area (Å²) in [5.74, 6) is 0.540. The number of hydrogen-bond acceptors (Lipinski definition) is 4. The van der Waals surface area contributed by atoms with Crippen LogP contribution < -0.4 is 0 Å². The van der Waals surface area contributed by atoms with Crippen LogP contribution in [0.15, 0.2) is 35.7 Å². The average molecular weight is 315 g/mol. The van der Waals surface area contributed by atoms with Gasteiger partial charge in [-0.15, -0.1) is 11.3 Å². The summed E-state index contributed by atoms with van der Waals surface area (Å²) in [4.78, 5) is 11.9. The molecule has 114 valence electrons. The van der Waals surface area contributed by atoms with Crippen LogP contribution in [0.3, 0.4) is 0 Å². The Morgan fingerprint density at radius 2 is 1.91 bits per heavy atom. The van der Waals surface area contributed by atoms with Gasteiger partial charge in [-0.3, -0.25) is 10.1 Å². The summed E-state index contributed by atoms with van der Waals surface area (Å²) in [6.45, 7) is 0. The number of benzene rings is 1. The van der Waals surface area contributed by atoms with E-state index in [0.717, 1.165) is 12.0 Å². The number of nitrogens with zero attached hydrogens (tertiary/aromatic N) is 1. The smallest absolute Gasteiger partial charge is 0.269 e. The molecule has 2 heterocycles. The summed E-state index contributed by atoms with van der Waals surface area (Å²) in [6.07, 6.45) is 5.05. The number of nitro groups is 1. The van der Waals surface area contributed by atoms with Crippen LogP contribution in [0.2, 0.25) is 0 Å². The molecule has 0 spiro atoms. The van der Waals surface area contributed by atoms with Crippen molar-refractivity contribution < 1.29 is 9.66 Å². The number of thiophene rings is 1. The van der Waals surface area contributed by atoms with Crippen LogP contribution in [-0.2, 0) is 4.74 Å². The lowest BCUT2D eigenvalue weighted by Gasteiger charge is -2.39. The van der Waals surface area contributed by atoms with Crippen LogP contribution in [0.4, 0.5) is 5.69 Å². The second-order valence-corrected chi connectivity index (χ2v) is 6.98. The maximum absolute atomic E-state index is 10.8. The quantitative estimate of drug-likeness (QED) is 0.590. The highest BCUT2D eigenvalue weighted by molar-refractivity contribution is 7.10. The van der Waals surface area contributed by atoms with Crippen molar-refractivity contribution in [2.75, 3.05) is 0 Å². The number of hydrogen-bond donors (Lipinski definition) is 0. The first-order valence-electron chi connectivity index (χ1n) is 7.71. The van der Waals surface area contributed by atoms with Crippen LogP contribution >= 0.6 is 11.3 Å². The molecule has 0 unspecified atom stereocenters. The minimum absolute atomic E-state index is 0.0820. The number of nitro benzene ring substituents is 1. The Labute approximate surface area is 132 Å². The molecule has 22 heavy (non-hydrogen) atoms. The highest BCUT2D eigenvalue weighted by atomic mass is 32.1. The topological polar surface area (TPSA) is 52.4 Å². The van der Waals surface area contributed by atoms with Crippen LogP contribution in [0, 0.1) is 10.1 Å². The van der Waals surface area contributed by atoms with Gasteiger partial charge in [-0.2, -0.15) is 0 Å². The minimum Gasteiger partial charge on any atom is -0.365 e. The molecule has 1 saturated carbocycles. The molecule has 0 saturated heterocycles. The van der Waals surface area contributed by atoms with E-state index in [1.807, 2.05) is 23.5 Å². The Hall–Kier alpha value is -1.72. The largest absolute Gasteiger partial charge is 0.365 e. The Kier molecular flexibility index (Phi) is 3.47. The molecule has 3 atom stereocenters. The van der Waals surface area contributed by atoms with Crippen molar-refractivity contribution in [3.05, 3.63) is 61.8 Å². The zero-order chi connectivity index (χ0) is 15.1. The van der Waals surface area contributed by atoms with E-state index in [9.17, 15) is 10.1 Å². The normalized spacial score (nSPS) is 27.0. The van der Waals surface area contributed by atoms with Crippen molar-refractivity contribution in [3.8, 4) is 0 Å². The van der Waals surface area contributed by atoms with Gasteiger partial charge in [0.05, 0.1) is 11.0 Å². The van der Waals surface area contributed by atoms with E-state index in [2.05, 4.69) is 11.4 Å². The van der Waals surface area contributed by atoms with E-state index in [4.69, 9.17) is 4.74 Å². The molecule has 5 heteroatoms. The number of ether oxygens (including phenoxy) is 1. The van der Waals surface area contributed by atoms with Crippen LogP contribution in [0.25, 0.3) is 0 Å². The van der Waals surface area contributed by atoms with Gasteiger partial charge in [-0.25, -0.2) is 0 Å². The van der Waals surface area contributed by atoms with Gasteiger partial charge < -0.3 is 4.74 Å². The Bertz CT molecular complexity index is 694. The zero-order valence-corrected chi connectivity index (χ0v) is 12.9. The summed E-state index contributed by atoms with van der Waals surface area (Å²) in [5.41, 5.74) is 2.39. The third-order valence-corrected chi connectivity index (χ3v) is 5.83. The van der Waals surface area contributed by atoms with Crippen LogP contribution in [0.1, 0.15) is 53.7 Å². The molecule has 2 aliphatic rings. The van der Waals surface area contributed by atoms with Crippen molar-refractivity contribution in [1.29, 1.82) is 0 Å². The first-order valence-corrected chi connectivity index (χ1v) is 8.59. The van der Waals surface area contributed by atoms with E-state index in [-0.39, 0.29) is 16.7 Å². The van der Waals surface area contributed by atoms with Gasteiger partial charge in [0.1, 0.15) is 6.10 Å². The molecule has 4 rings (SSSR count). The third kappa shape index (κ3) is 2.25. The summed E-state index contributed by atoms with van der Waals surface area (Å²) in [6, 6.07) is 8.94. The second-order valence-electron chi connectivity index (χ2n) is 6.03. The molecule has 0 N–H and O–H groups in total. The lowest BCUT2D eigenvalue weighted by Crippen LogP contribution is -2.32. The zero-order valence-electron chi connectivity index (χ0n) is 12.1. The molecule has 2 aromatic rings. The third-order valence-electron chi connectivity index (χ3n) is 4.77. The van der Waals surface area contributed by atoms with Crippen LogP contribution in [0.5, 0.6) is 0 Å². The lowest BCUT2D eigenvalue weighted by molar-refractivity contribution is -0.384. The van der Waals surface area contributed by atoms with Crippen molar-refractivity contribution in [3.63, 3.8) is 0 Å². The predicted octanol–water partition coefficient (Wildman–Crippen LogP) is 4.80. The first-order chi connectivity index (χ1) is 10.7. The Morgan fingerprint density at radius 3 is 2.68 bits per heavy atom. The minimum atomic E-state index is -0.362. The van der Waals surface area contributed by atoms with E-state index < -0.39 is 0 Å². The fourth-order valence-electron chi connectivity index (χ4n) is 3.69. The second kappa shape index (κ2) is 5.48. The molecule has 0 amide bonds. The number of rotatable bonds is 2. The lowest BCUT2D eigenvalue weighted by atomic mass is 9.80. The monoisotopic (exact) mass is 315 g/mol. The maximum atomic E-state index is 10.8. The standard InChI is InChI=1S/C17H17NO3S/c19-18(20)12-7-5-11(6-8-12)16-14-9-10-22-17(14)13-3-1-2-4-15(13)21-16/h5-10,13,15-16H,1-4H2/t13-,15+,16+/m1/s1. The molecular formula is C17H17NO3S. The molecule has 1 fully saturated rings. The number of fused-ring (bicyclic) bond motifs is 3. The van der Waals surface area contributed by atoms with E-state index in [0.29, 0.717) is 12.0 Å². The molecular weight excluding hydrogens is 298 g/mol.